The third kappa shape index (κ3) is 2.66. The van der Waals surface area contributed by atoms with Gasteiger partial charge in [-0.2, -0.15) is 0 Å². The summed E-state index contributed by atoms with van der Waals surface area (Å²) in [6, 6.07) is 5.28. The minimum atomic E-state index is -4.74. The van der Waals surface area contributed by atoms with Gasteiger partial charge >= 0.3 is 6.36 Å². The molecule has 0 bridgehead atoms. The van der Waals surface area contributed by atoms with Gasteiger partial charge in [0, 0.05) is 11.8 Å². The molecule has 1 aromatic carbocycles. The Hall–Kier alpha value is -2.71. The van der Waals surface area contributed by atoms with E-state index in [0.29, 0.717) is 29.7 Å². The van der Waals surface area contributed by atoms with Gasteiger partial charge in [-0.1, -0.05) is 0 Å². The molecule has 1 aliphatic carbocycles. The zero-order valence-corrected chi connectivity index (χ0v) is 12.1. The molecule has 24 heavy (non-hydrogen) atoms. The molecule has 0 radical (unpaired) electrons. The number of rotatable bonds is 3. The molecule has 0 atom stereocenters. The first-order valence-corrected chi connectivity index (χ1v) is 7.10. The lowest BCUT2D eigenvalue weighted by Crippen LogP contribution is -2.16. The average molecular weight is 338 g/mol. The molecule has 124 valence electrons. The lowest BCUT2D eigenvalue weighted by atomic mass is 10.1. The van der Waals surface area contributed by atoms with Crippen molar-refractivity contribution in [3.05, 3.63) is 42.5 Å². The Balaban J connectivity index is 1.69. The molecular formula is C15H10F4N4O. The Morgan fingerprint density at radius 1 is 1.08 bits per heavy atom. The Morgan fingerprint density at radius 3 is 2.42 bits per heavy atom. The molecule has 3 aromatic rings. The predicted molar refractivity (Wildman–Crippen MR) is 74.9 cm³/mol. The maximum Gasteiger partial charge on any atom is 0.573 e. The van der Waals surface area contributed by atoms with Crippen molar-refractivity contribution in [1.82, 2.24) is 19.6 Å². The largest absolute Gasteiger partial charge is 0.573 e. The van der Waals surface area contributed by atoms with Crippen LogP contribution in [0.15, 0.2) is 36.7 Å². The Morgan fingerprint density at radius 2 is 1.79 bits per heavy atom. The summed E-state index contributed by atoms with van der Waals surface area (Å²) >= 11 is 0. The van der Waals surface area contributed by atoms with Gasteiger partial charge in [0.15, 0.2) is 17.1 Å². The van der Waals surface area contributed by atoms with E-state index in [9.17, 15) is 17.6 Å². The van der Waals surface area contributed by atoms with Crippen LogP contribution in [0.4, 0.5) is 17.6 Å². The topological polar surface area (TPSA) is 52.3 Å². The van der Waals surface area contributed by atoms with Gasteiger partial charge in [0.05, 0.1) is 11.9 Å². The molecule has 4 rings (SSSR count). The summed E-state index contributed by atoms with van der Waals surface area (Å²) < 4.78 is 56.2. The van der Waals surface area contributed by atoms with Gasteiger partial charge in [-0.3, -0.25) is 9.38 Å². The van der Waals surface area contributed by atoms with Gasteiger partial charge in [0.2, 0.25) is 0 Å². The summed E-state index contributed by atoms with van der Waals surface area (Å²) in [6.07, 6.45) is -0.929. The van der Waals surface area contributed by atoms with Gasteiger partial charge in [-0.15, -0.1) is 23.4 Å². The van der Waals surface area contributed by atoms with Crippen molar-refractivity contribution in [2.24, 2.45) is 0 Å². The van der Waals surface area contributed by atoms with Crippen molar-refractivity contribution >= 4 is 5.65 Å². The van der Waals surface area contributed by atoms with Gasteiger partial charge < -0.3 is 4.74 Å². The van der Waals surface area contributed by atoms with E-state index in [-0.39, 0.29) is 11.6 Å². The van der Waals surface area contributed by atoms with E-state index in [4.69, 9.17) is 0 Å². The summed E-state index contributed by atoms with van der Waals surface area (Å²) in [4.78, 5) is 4.19. The molecule has 1 saturated carbocycles. The number of benzene rings is 1. The quantitative estimate of drug-likeness (QED) is 0.684. The maximum absolute atomic E-state index is 14.3. The monoisotopic (exact) mass is 338 g/mol. The van der Waals surface area contributed by atoms with Gasteiger partial charge in [0.25, 0.3) is 0 Å². The van der Waals surface area contributed by atoms with Crippen molar-refractivity contribution in [2.75, 3.05) is 0 Å². The van der Waals surface area contributed by atoms with E-state index in [1.54, 1.807) is 6.20 Å². The third-order valence-electron chi connectivity index (χ3n) is 3.77. The molecule has 0 amide bonds. The molecule has 2 aromatic heterocycles. The first kappa shape index (κ1) is 14.9. The van der Waals surface area contributed by atoms with Crippen LogP contribution in [0.5, 0.6) is 5.75 Å². The van der Waals surface area contributed by atoms with E-state index in [0.717, 1.165) is 0 Å². The predicted octanol–water partition coefficient (Wildman–Crippen LogP) is 3.65. The van der Waals surface area contributed by atoms with Gasteiger partial charge in [-0.25, -0.2) is 4.39 Å². The van der Waals surface area contributed by atoms with Crippen molar-refractivity contribution < 1.29 is 22.3 Å². The van der Waals surface area contributed by atoms with E-state index in [1.165, 1.54) is 34.9 Å². The number of halogens is 4. The highest BCUT2D eigenvalue weighted by molar-refractivity contribution is 5.60. The third-order valence-corrected chi connectivity index (χ3v) is 3.77. The molecule has 1 fully saturated rings. The molecule has 0 unspecified atom stereocenters. The minimum absolute atomic E-state index is 0.221. The lowest BCUT2D eigenvalue weighted by Gasteiger charge is -2.09. The number of fused-ring (bicyclic) bond motifs is 1. The molecule has 2 heterocycles. The molecule has 0 spiro atoms. The van der Waals surface area contributed by atoms with Crippen LogP contribution in [0.1, 0.15) is 18.7 Å². The van der Waals surface area contributed by atoms with Crippen LogP contribution in [-0.2, 0) is 5.67 Å². The second-order valence-corrected chi connectivity index (χ2v) is 5.56. The second-order valence-electron chi connectivity index (χ2n) is 5.56. The van der Waals surface area contributed by atoms with Gasteiger partial charge in [-0.05, 0) is 37.1 Å². The second kappa shape index (κ2) is 4.89. The Labute approximate surface area is 132 Å². The van der Waals surface area contributed by atoms with Crippen LogP contribution in [0, 0.1) is 0 Å². The zero-order chi connectivity index (χ0) is 16.9. The normalized spacial score (nSPS) is 16.3. The number of ether oxygens (including phenoxy) is 1. The average Bonchev–Trinajstić information content (AvgIpc) is 3.11. The van der Waals surface area contributed by atoms with Crippen LogP contribution >= 0.6 is 0 Å². The molecule has 9 heteroatoms. The summed E-state index contributed by atoms with van der Waals surface area (Å²) in [7, 11) is 0. The maximum atomic E-state index is 14.3. The van der Waals surface area contributed by atoms with Crippen LogP contribution in [0.25, 0.3) is 16.9 Å². The number of hydrogen-bond acceptors (Lipinski definition) is 4. The Kier molecular flexibility index (Phi) is 3.03. The fraction of sp³-hybridized carbons (Fsp3) is 0.267. The highest BCUT2D eigenvalue weighted by atomic mass is 19.4. The summed E-state index contributed by atoms with van der Waals surface area (Å²) in [5, 5.41) is 7.75. The number of nitrogens with zero attached hydrogens (tertiary/aromatic N) is 4. The number of aromatic nitrogens is 4. The van der Waals surface area contributed by atoms with E-state index < -0.39 is 12.0 Å². The summed E-state index contributed by atoms with van der Waals surface area (Å²) in [6.45, 7) is 0. The van der Waals surface area contributed by atoms with E-state index in [1.807, 2.05) is 0 Å². The molecule has 5 nitrogen and oxygen atoms in total. The zero-order valence-electron chi connectivity index (χ0n) is 12.1. The SMILES string of the molecule is FC(F)(F)Oc1ccc(-c2cn3c(C4(F)CC4)nnc3cn2)cc1. The highest BCUT2D eigenvalue weighted by Gasteiger charge is 2.49. The standard InChI is InChI=1S/C15H10F4N4O/c16-14(5-6-14)13-22-21-12-7-20-11(8-23(12)13)9-1-3-10(4-2-9)24-15(17,18)19/h1-4,7-8H,5-6H2. The highest BCUT2D eigenvalue weighted by Crippen LogP contribution is 2.48. The molecule has 1 aliphatic rings. The van der Waals surface area contributed by atoms with Crippen LogP contribution in [-0.4, -0.2) is 25.9 Å². The molecule has 0 aliphatic heterocycles. The van der Waals surface area contributed by atoms with E-state index >= 15 is 0 Å². The van der Waals surface area contributed by atoms with Crippen LogP contribution in [0.3, 0.4) is 0 Å². The van der Waals surface area contributed by atoms with Gasteiger partial charge in [0.1, 0.15) is 5.75 Å². The molecule has 0 saturated heterocycles. The fourth-order valence-electron chi connectivity index (χ4n) is 2.42. The first-order chi connectivity index (χ1) is 11.3. The number of hydrogen-bond donors (Lipinski definition) is 0. The minimum Gasteiger partial charge on any atom is -0.406 e. The van der Waals surface area contributed by atoms with E-state index in [2.05, 4.69) is 19.9 Å². The summed E-state index contributed by atoms with van der Waals surface area (Å²) in [5.74, 6) is -0.101. The van der Waals surface area contributed by atoms with Crippen LogP contribution in [0.2, 0.25) is 0 Å². The van der Waals surface area contributed by atoms with Crippen molar-refractivity contribution in [3.63, 3.8) is 0 Å². The first-order valence-electron chi connectivity index (χ1n) is 7.10. The molecule has 0 N–H and O–H groups in total. The van der Waals surface area contributed by atoms with Crippen molar-refractivity contribution in [3.8, 4) is 17.0 Å². The molecular weight excluding hydrogens is 328 g/mol. The summed E-state index contributed by atoms with van der Waals surface area (Å²) in [5.41, 5.74) is -0.0153. The fourth-order valence-corrected chi connectivity index (χ4v) is 2.42. The van der Waals surface area contributed by atoms with Crippen molar-refractivity contribution in [1.29, 1.82) is 0 Å². The smallest absolute Gasteiger partial charge is 0.406 e. The Bertz CT molecular complexity index is 900. The van der Waals surface area contributed by atoms with Crippen molar-refractivity contribution in [2.45, 2.75) is 24.9 Å². The lowest BCUT2D eigenvalue weighted by molar-refractivity contribution is -0.274. The van der Waals surface area contributed by atoms with Crippen LogP contribution < -0.4 is 4.74 Å². The number of alkyl halides is 4.